The molecule has 2 aromatic rings. The first-order valence-electron chi connectivity index (χ1n) is 10.6. The minimum atomic E-state index is -0.680. The number of aliphatic carboxylic acids is 1. The van der Waals surface area contributed by atoms with Crippen molar-refractivity contribution in [2.75, 3.05) is 5.32 Å². The summed E-state index contributed by atoms with van der Waals surface area (Å²) in [5.74, 6) is 0.687. The van der Waals surface area contributed by atoms with E-state index in [2.05, 4.69) is 27.9 Å². The Hall–Kier alpha value is -2.69. The number of unbranched alkanes of at least 4 members (excludes halogenated alkanes) is 5. The predicted molar refractivity (Wildman–Crippen MR) is 119 cm³/mol. The summed E-state index contributed by atoms with van der Waals surface area (Å²) in [6.45, 7) is 5.66. The van der Waals surface area contributed by atoms with Gasteiger partial charge in [-0.3, -0.25) is 4.79 Å². The number of allylic oxidation sites excluding steroid dienone is 1. The zero-order chi connectivity index (χ0) is 20.9. The fourth-order valence-electron chi connectivity index (χ4n) is 2.98. The van der Waals surface area contributed by atoms with E-state index in [9.17, 15) is 4.79 Å². The molecule has 1 aliphatic carbocycles. The van der Waals surface area contributed by atoms with Crippen molar-refractivity contribution < 1.29 is 9.90 Å². The standard InChI is InChI=1S/C14H15N3.C10H18O2/c1-10-9-13(11-7-8-11)17-14(15-10)16-12-5-3-2-4-6-12;1-2-3-4-5-6-7-8-9-10(11)12/h2-6,9,11H,7-8H2,1H3,(H,15,16,17);2H,1,3-9H2,(H,11,12). The van der Waals surface area contributed by atoms with Crippen LogP contribution in [-0.4, -0.2) is 21.0 Å². The maximum Gasteiger partial charge on any atom is 0.303 e. The Labute approximate surface area is 174 Å². The van der Waals surface area contributed by atoms with Gasteiger partial charge in [0.15, 0.2) is 0 Å². The molecule has 0 amide bonds. The van der Waals surface area contributed by atoms with Crippen molar-refractivity contribution in [3.05, 3.63) is 60.4 Å². The van der Waals surface area contributed by atoms with Crippen LogP contribution in [0.2, 0.25) is 0 Å². The molecule has 0 atom stereocenters. The van der Waals surface area contributed by atoms with Crippen LogP contribution in [0.1, 0.15) is 75.1 Å². The highest BCUT2D eigenvalue weighted by Crippen LogP contribution is 2.39. The highest BCUT2D eigenvalue weighted by molar-refractivity contribution is 5.66. The number of nitrogens with one attached hydrogen (secondary N) is 1. The minimum Gasteiger partial charge on any atom is -0.481 e. The molecule has 1 heterocycles. The van der Waals surface area contributed by atoms with Crippen molar-refractivity contribution in [3.63, 3.8) is 0 Å². The Morgan fingerprint density at radius 1 is 1.14 bits per heavy atom. The number of carboxylic acids is 1. The quantitative estimate of drug-likeness (QED) is 0.340. The number of anilines is 2. The molecule has 0 bridgehead atoms. The van der Waals surface area contributed by atoms with Gasteiger partial charge in [0.2, 0.25) is 5.95 Å². The lowest BCUT2D eigenvalue weighted by Crippen LogP contribution is -2.01. The second-order valence-electron chi connectivity index (χ2n) is 7.51. The minimum absolute atomic E-state index is 0.321. The molecule has 0 spiro atoms. The number of para-hydroxylation sites is 1. The molecule has 0 radical (unpaired) electrons. The van der Waals surface area contributed by atoms with E-state index in [1.165, 1.54) is 31.4 Å². The van der Waals surface area contributed by atoms with E-state index >= 15 is 0 Å². The first kappa shape index (κ1) is 22.6. The highest BCUT2D eigenvalue weighted by atomic mass is 16.4. The number of rotatable bonds is 11. The summed E-state index contributed by atoms with van der Waals surface area (Å²) in [4.78, 5) is 19.1. The molecule has 1 fully saturated rings. The van der Waals surface area contributed by atoms with E-state index in [1.54, 1.807) is 0 Å². The molecule has 5 heteroatoms. The molecule has 29 heavy (non-hydrogen) atoms. The fourth-order valence-corrected chi connectivity index (χ4v) is 2.98. The molecular formula is C24H33N3O2. The lowest BCUT2D eigenvalue weighted by Gasteiger charge is -2.07. The second kappa shape index (κ2) is 12.7. The maximum absolute atomic E-state index is 10.1. The van der Waals surface area contributed by atoms with Crippen LogP contribution in [-0.2, 0) is 4.79 Å². The number of hydrogen-bond donors (Lipinski definition) is 2. The van der Waals surface area contributed by atoms with Crippen molar-refractivity contribution in [3.8, 4) is 0 Å². The third-order valence-corrected chi connectivity index (χ3v) is 4.70. The number of hydrogen-bond acceptors (Lipinski definition) is 4. The molecule has 2 N–H and O–H groups in total. The van der Waals surface area contributed by atoms with Gasteiger partial charge in [-0.1, -0.05) is 43.5 Å². The molecule has 5 nitrogen and oxygen atoms in total. The molecular weight excluding hydrogens is 362 g/mol. The lowest BCUT2D eigenvalue weighted by molar-refractivity contribution is -0.137. The molecule has 0 saturated heterocycles. The average molecular weight is 396 g/mol. The van der Waals surface area contributed by atoms with Crippen molar-refractivity contribution >= 4 is 17.6 Å². The largest absolute Gasteiger partial charge is 0.481 e. The van der Waals surface area contributed by atoms with Crippen LogP contribution in [0, 0.1) is 6.92 Å². The zero-order valence-corrected chi connectivity index (χ0v) is 17.4. The van der Waals surface area contributed by atoms with Gasteiger partial charge in [-0.2, -0.15) is 0 Å². The summed E-state index contributed by atoms with van der Waals surface area (Å²) in [6, 6.07) is 12.1. The number of aryl methyl sites for hydroxylation is 1. The lowest BCUT2D eigenvalue weighted by atomic mass is 10.1. The monoisotopic (exact) mass is 395 g/mol. The number of aromatic nitrogens is 2. The third-order valence-electron chi connectivity index (χ3n) is 4.70. The Morgan fingerprint density at radius 3 is 2.48 bits per heavy atom. The molecule has 0 aliphatic heterocycles. The van der Waals surface area contributed by atoms with Gasteiger partial charge >= 0.3 is 5.97 Å². The summed E-state index contributed by atoms with van der Waals surface area (Å²) in [5, 5.41) is 11.6. The zero-order valence-electron chi connectivity index (χ0n) is 17.4. The Balaban J connectivity index is 0.000000223. The van der Waals surface area contributed by atoms with Gasteiger partial charge in [-0.05, 0) is 57.2 Å². The topological polar surface area (TPSA) is 75.1 Å². The van der Waals surface area contributed by atoms with Gasteiger partial charge in [0.25, 0.3) is 0 Å². The first-order chi connectivity index (χ1) is 14.1. The van der Waals surface area contributed by atoms with Gasteiger partial charge in [-0.15, -0.1) is 6.58 Å². The van der Waals surface area contributed by atoms with E-state index in [0.29, 0.717) is 18.3 Å². The van der Waals surface area contributed by atoms with E-state index < -0.39 is 5.97 Å². The van der Waals surface area contributed by atoms with E-state index in [-0.39, 0.29) is 0 Å². The number of nitrogens with zero attached hydrogens (tertiary/aromatic N) is 2. The molecule has 1 aliphatic rings. The average Bonchev–Trinajstić information content (AvgIpc) is 3.53. The van der Waals surface area contributed by atoms with E-state index in [4.69, 9.17) is 5.11 Å². The molecule has 1 aromatic heterocycles. The van der Waals surface area contributed by atoms with Crippen LogP contribution in [0.15, 0.2) is 49.1 Å². The Bertz CT molecular complexity index is 758. The van der Waals surface area contributed by atoms with Crippen molar-refractivity contribution in [2.24, 2.45) is 0 Å². The summed E-state index contributed by atoms with van der Waals surface area (Å²) >= 11 is 0. The van der Waals surface area contributed by atoms with E-state index in [1.807, 2.05) is 43.3 Å². The predicted octanol–water partition coefficient (Wildman–Crippen LogP) is 6.39. The third kappa shape index (κ3) is 9.88. The summed E-state index contributed by atoms with van der Waals surface area (Å²) in [7, 11) is 0. The first-order valence-corrected chi connectivity index (χ1v) is 10.6. The SMILES string of the molecule is C=CCCCCCCCC(=O)O.Cc1cc(C2CC2)nc(Nc2ccccc2)n1. The van der Waals surface area contributed by atoms with Crippen LogP contribution < -0.4 is 5.32 Å². The van der Waals surface area contributed by atoms with Gasteiger partial charge in [-0.25, -0.2) is 9.97 Å². The van der Waals surface area contributed by atoms with Crippen LogP contribution >= 0.6 is 0 Å². The van der Waals surface area contributed by atoms with Crippen LogP contribution in [0.5, 0.6) is 0 Å². The maximum atomic E-state index is 10.1. The van der Waals surface area contributed by atoms with Crippen LogP contribution in [0.25, 0.3) is 0 Å². The summed E-state index contributed by atoms with van der Waals surface area (Å²) < 4.78 is 0. The molecule has 1 saturated carbocycles. The van der Waals surface area contributed by atoms with Gasteiger partial charge in [0.1, 0.15) is 0 Å². The van der Waals surface area contributed by atoms with Gasteiger partial charge in [0, 0.05) is 29.4 Å². The van der Waals surface area contributed by atoms with Crippen LogP contribution in [0.3, 0.4) is 0 Å². The van der Waals surface area contributed by atoms with Crippen molar-refractivity contribution in [1.29, 1.82) is 0 Å². The van der Waals surface area contributed by atoms with Gasteiger partial charge < -0.3 is 10.4 Å². The van der Waals surface area contributed by atoms with E-state index in [0.717, 1.165) is 37.1 Å². The normalized spacial score (nSPS) is 12.6. The summed E-state index contributed by atoms with van der Waals surface area (Å²) in [5.41, 5.74) is 3.23. The second-order valence-corrected chi connectivity index (χ2v) is 7.51. The highest BCUT2D eigenvalue weighted by Gasteiger charge is 2.25. The van der Waals surface area contributed by atoms with Crippen molar-refractivity contribution in [1.82, 2.24) is 9.97 Å². The number of benzene rings is 1. The Kier molecular flexibility index (Phi) is 9.90. The van der Waals surface area contributed by atoms with Crippen molar-refractivity contribution in [2.45, 2.75) is 70.6 Å². The smallest absolute Gasteiger partial charge is 0.303 e. The fraction of sp³-hybridized carbons (Fsp3) is 0.458. The van der Waals surface area contributed by atoms with Gasteiger partial charge in [0.05, 0.1) is 0 Å². The van der Waals surface area contributed by atoms with Crippen LogP contribution in [0.4, 0.5) is 11.6 Å². The molecule has 3 rings (SSSR count). The molecule has 0 unspecified atom stereocenters. The Morgan fingerprint density at radius 2 is 1.83 bits per heavy atom. The number of carboxylic acid groups (broad SMARTS) is 1. The molecule has 156 valence electrons. The number of carbonyl (C=O) groups is 1. The summed E-state index contributed by atoms with van der Waals surface area (Å²) in [6.07, 6.45) is 11.3. The molecule has 1 aromatic carbocycles.